The first-order valence-electron chi connectivity index (χ1n) is 6.38. The number of piperidine rings is 1. The average Bonchev–Trinajstić information content (AvgIpc) is 2.33. The van der Waals surface area contributed by atoms with E-state index in [1.54, 1.807) is 0 Å². The molecule has 0 saturated carbocycles. The molecule has 2 aliphatic heterocycles. The van der Waals surface area contributed by atoms with E-state index in [0.717, 1.165) is 30.8 Å². The largest absolute Gasteiger partial charge is 0.486 e. The zero-order chi connectivity index (χ0) is 11.9. The molecule has 1 aromatic carbocycles. The predicted octanol–water partition coefficient (Wildman–Crippen LogP) is 1.87. The van der Waals surface area contributed by atoms with Crippen molar-refractivity contribution in [2.75, 3.05) is 13.1 Å². The van der Waals surface area contributed by atoms with Crippen molar-refractivity contribution in [3.63, 3.8) is 0 Å². The van der Waals surface area contributed by atoms with Crippen LogP contribution in [0.25, 0.3) is 0 Å². The van der Waals surface area contributed by atoms with Crippen molar-refractivity contribution in [1.29, 1.82) is 0 Å². The number of hydrogen-bond donors (Lipinski definition) is 2. The molecule has 3 rings (SSSR count). The van der Waals surface area contributed by atoms with E-state index in [9.17, 15) is 5.11 Å². The number of nitrogens with one attached hydrogen (secondary N) is 1. The maximum Gasteiger partial charge on any atom is 0.125 e. The molecule has 1 fully saturated rings. The van der Waals surface area contributed by atoms with Crippen LogP contribution in [-0.4, -0.2) is 23.8 Å². The van der Waals surface area contributed by atoms with E-state index in [2.05, 4.69) is 12.2 Å². The molecule has 2 heterocycles. The van der Waals surface area contributed by atoms with Gasteiger partial charge in [0.2, 0.25) is 0 Å². The highest BCUT2D eigenvalue weighted by atomic mass is 16.5. The molecule has 2 unspecified atom stereocenters. The molecule has 0 amide bonds. The summed E-state index contributed by atoms with van der Waals surface area (Å²) in [5.74, 6) is 1.29. The van der Waals surface area contributed by atoms with Gasteiger partial charge in [0, 0.05) is 24.4 Å². The minimum absolute atomic E-state index is 0.182. The first-order chi connectivity index (χ1) is 8.21. The third-order valence-electron chi connectivity index (χ3n) is 4.20. The van der Waals surface area contributed by atoms with Crippen LogP contribution in [0, 0.1) is 5.92 Å². The van der Waals surface area contributed by atoms with Crippen LogP contribution >= 0.6 is 0 Å². The van der Waals surface area contributed by atoms with Crippen LogP contribution in [0.1, 0.15) is 31.4 Å². The van der Waals surface area contributed by atoms with Crippen molar-refractivity contribution in [2.45, 2.75) is 31.5 Å². The van der Waals surface area contributed by atoms with Gasteiger partial charge in [0.05, 0.1) is 6.10 Å². The van der Waals surface area contributed by atoms with Crippen LogP contribution in [0.3, 0.4) is 0 Å². The number of aliphatic hydroxyl groups excluding tert-OH is 1. The third kappa shape index (κ3) is 1.74. The fourth-order valence-electron chi connectivity index (χ4n) is 3.05. The Kier molecular flexibility index (Phi) is 2.60. The van der Waals surface area contributed by atoms with E-state index in [1.165, 1.54) is 0 Å². The maximum atomic E-state index is 10.3. The van der Waals surface area contributed by atoms with Crippen molar-refractivity contribution in [1.82, 2.24) is 5.32 Å². The number of aliphatic hydroxyl groups is 1. The lowest BCUT2D eigenvalue weighted by atomic mass is 9.76. The van der Waals surface area contributed by atoms with Gasteiger partial charge in [0.25, 0.3) is 0 Å². The number of para-hydroxylation sites is 1. The van der Waals surface area contributed by atoms with Crippen LogP contribution in [-0.2, 0) is 0 Å². The van der Waals surface area contributed by atoms with E-state index in [4.69, 9.17) is 4.74 Å². The normalized spacial score (nSPS) is 36.4. The quantitative estimate of drug-likeness (QED) is 0.719. The number of benzene rings is 1. The molecule has 0 aromatic heterocycles. The molecular weight excluding hydrogens is 214 g/mol. The van der Waals surface area contributed by atoms with Gasteiger partial charge in [-0.2, -0.15) is 0 Å². The topological polar surface area (TPSA) is 41.5 Å². The van der Waals surface area contributed by atoms with Crippen LogP contribution in [0.5, 0.6) is 5.75 Å². The van der Waals surface area contributed by atoms with Gasteiger partial charge in [-0.05, 0) is 19.0 Å². The minimum Gasteiger partial charge on any atom is -0.486 e. The molecule has 0 radical (unpaired) electrons. The van der Waals surface area contributed by atoms with E-state index >= 15 is 0 Å². The molecular formula is C14H19NO2. The Morgan fingerprint density at radius 3 is 3.06 bits per heavy atom. The minimum atomic E-state index is -0.388. The van der Waals surface area contributed by atoms with Crippen LogP contribution in [0.2, 0.25) is 0 Å². The Morgan fingerprint density at radius 1 is 1.41 bits per heavy atom. The summed E-state index contributed by atoms with van der Waals surface area (Å²) >= 11 is 0. The summed E-state index contributed by atoms with van der Waals surface area (Å²) in [7, 11) is 0. The van der Waals surface area contributed by atoms with Gasteiger partial charge in [-0.3, -0.25) is 0 Å². The highest BCUT2D eigenvalue weighted by Crippen LogP contribution is 2.45. The highest BCUT2D eigenvalue weighted by Gasteiger charge is 2.45. The van der Waals surface area contributed by atoms with Crippen LogP contribution < -0.4 is 10.1 Å². The van der Waals surface area contributed by atoms with Crippen molar-refractivity contribution in [2.24, 2.45) is 5.92 Å². The van der Waals surface area contributed by atoms with Gasteiger partial charge in [0.1, 0.15) is 11.4 Å². The van der Waals surface area contributed by atoms with Crippen molar-refractivity contribution < 1.29 is 9.84 Å². The second kappa shape index (κ2) is 4.00. The predicted molar refractivity (Wildman–Crippen MR) is 66.0 cm³/mol. The van der Waals surface area contributed by atoms with Gasteiger partial charge in [-0.1, -0.05) is 25.1 Å². The number of rotatable bonds is 0. The fourth-order valence-corrected chi connectivity index (χ4v) is 3.05. The fraction of sp³-hybridized carbons (Fsp3) is 0.571. The lowest BCUT2D eigenvalue weighted by Crippen LogP contribution is -2.55. The Labute approximate surface area is 102 Å². The molecule has 3 atom stereocenters. The van der Waals surface area contributed by atoms with E-state index < -0.39 is 0 Å². The van der Waals surface area contributed by atoms with E-state index in [-0.39, 0.29) is 11.7 Å². The molecule has 3 heteroatoms. The molecule has 0 bridgehead atoms. The molecule has 92 valence electrons. The lowest BCUT2D eigenvalue weighted by Gasteiger charge is -2.47. The first-order valence-corrected chi connectivity index (χ1v) is 6.38. The summed E-state index contributed by atoms with van der Waals surface area (Å²) in [5, 5.41) is 13.7. The Hall–Kier alpha value is -1.06. The molecule has 1 saturated heterocycles. The molecule has 1 spiro atoms. The first kappa shape index (κ1) is 11.1. The Balaban J connectivity index is 1.97. The highest BCUT2D eigenvalue weighted by molar-refractivity contribution is 5.38. The molecule has 0 aliphatic carbocycles. The third-order valence-corrected chi connectivity index (χ3v) is 4.20. The standard InChI is InChI=1S/C14H19NO2/c1-10-9-15-7-6-14(10)8-12(16)11-4-2-3-5-13(11)17-14/h2-5,10,12,15-16H,6-9H2,1H3/t10?,12-,14?/m0/s1. The molecule has 2 aliphatic rings. The van der Waals surface area contributed by atoms with E-state index in [0.29, 0.717) is 12.3 Å². The number of fused-ring (bicyclic) bond motifs is 1. The molecule has 3 nitrogen and oxygen atoms in total. The maximum absolute atomic E-state index is 10.3. The van der Waals surface area contributed by atoms with Crippen LogP contribution in [0.4, 0.5) is 0 Å². The van der Waals surface area contributed by atoms with Gasteiger partial charge in [0.15, 0.2) is 0 Å². The monoisotopic (exact) mass is 233 g/mol. The van der Waals surface area contributed by atoms with Crippen molar-refractivity contribution in [3.05, 3.63) is 29.8 Å². The van der Waals surface area contributed by atoms with Gasteiger partial charge in [-0.25, -0.2) is 0 Å². The number of hydrogen-bond acceptors (Lipinski definition) is 3. The lowest BCUT2D eigenvalue weighted by molar-refractivity contribution is -0.0659. The zero-order valence-corrected chi connectivity index (χ0v) is 10.1. The van der Waals surface area contributed by atoms with E-state index in [1.807, 2.05) is 24.3 Å². The Bertz CT molecular complexity index is 420. The summed E-state index contributed by atoms with van der Waals surface area (Å²) in [6.07, 6.45) is 1.30. The second-order valence-corrected chi connectivity index (χ2v) is 5.28. The zero-order valence-electron chi connectivity index (χ0n) is 10.1. The SMILES string of the molecule is CC1CNCCC12C[C@H](O)c1ccccc1O2. The average molecular weight is 233 g/mol. The molecule has 2 N–H and O–H groups in total. The van der Waals surface area contributed by atoms with Gasteiger partial charge in [-0.15, -0.1) is 0 Å². The second-order valence-electron chi connectivity index (χ2n) is 5.28. The molecule has 17 heavy (non-hydrogen) atoms. The summed E-state index contributed by atoms with van der Waals surface area (Å²) in [4.78, 5) is 0. The summed E-state index contributed by atoms with van der Waals surface area (Å²) in [6, 6.07) is 7.85. The summed E-state index contributed by atoms with van der Waals surface area (Å²) < 4.78 is 6.24. The number of ether oxygens (including phenoxy) is 1. The summed E-state index contributed by atoms with van der Waals surface area (Å²) in [6.45, 7) is 4.14. The van der Waals surface area contributed by atoms with Crippen molar-refractivity contribution >= 4 is 0 Å². The van der Waals surface area contributed by atoms with Gasteiger partial charge < -0.3 is 15.2 Å². The summed E-state index contributed by atoms with van der Waals surface area (Å²) in [5.41, 5.74) is 0.753. The van der Waals surface area contributed by atoms with Gasteiger partial charge >= 0.3 is 0 Å². The van der Waals surface area contributed by atoms with Crippen LogP contribution in [0.15, 0.2) is 24.3 Å². The smallest absolute Gasteiger partial charge is 0.125 e. The van der Waals surface area contributed by atoms with Crippen molar-refractivity contribution in [3.8, 4) is 5.75 Å². The molecule has 1 aromatic rings. The Morgan fingerprint density at radius 2 is 2.24 bits per heavy atom.